The number of aromatic carboxylic acids is 1. The monoisotopic (exact) mass is 246 g/mol. The van der Waals surface area contributed by atoms with Gasteiger partial charge in [0.05, 0.1) is 5.69 Å². The Morgan fingerprint density at radius 2 is 2.33 bits per heavy atom. The molecule has 2 heterocycles. The molecule has 2 rings (SSSR count). The molecule has 0 radical (unpaired) electrons. The highest BCUT2D eigenvalue weighted by molar-refractivity contribution is 5.93. The van der Waals surface area contributed by atoms with Gasteiger partial charge in [-0.05, 0) is 6.07 Å². The van der Waals surface area contributed by atoms with Crippen molar-refractivity contribution in [3.63, 3.8) is 0 Å². The topological polar surface area (TPSA) is 80.0 Å². The summed E-state index contributed by atoms with van der Waals surface area (Å²) >= 11 is 0. The summed E-state index contributed by atoms with van der Waals surface area (Å²) in [7, 11) is 1.93. The fourth-order valence-electron chi connectivity index (χ4n) is 1.67. The molecule has 2 N–H and O–H groups in total. The highest BCUT2D eigenvalue weighted by atomic mass is 16.4. The first-order chi connectivity index (χ1) is 8.68. The van der Waals surface area contributed by atoms with Gasteiger partial charge in [-0.3, -0.25) is 4.98 Å². The molecular formula is C12H14N4O2. The highest BCUT2D eigenvalue weighted by Gasteiger charge is 2.09. The number of imidazole rings is 1. The summed E-state index contributed by atoms with van der Waals surface area (Å²) < 4.78 is 1.94. The van der Waals surface area contributed by atoms with E-state index in [1.807, 2.05) is 17.8 Å². The third kappa shape index (κ3) is 2.65. The maximum Gasteiger partial charge on any atom is 0.339 e. The van der Waals surface area contributed by atoms with Crippen molar-refractivity contribution in [3.05, 3.63) is 42.2 Å². The third-order valence-electron chi connectivity index (χ3n) is 2.64. The van der Waals surface area contributed by atoms with Gasteiger partial charge in [-0.15, -0.1) is 0 Å². The molecule has 2 aromatic heterocycles. The third-order valence-corrected chi connectivity index (χ3v) is 2.64. The van der Waals surface area contributed by atoms with E-state index < -0.39 is 5.97 Å². The van der Waals surface area contributed by atoms with Crippen LogP contribution in [0.25, 0.3) is 0 Å². The van der Waals surface area contributed by atoms with E-state index in [9.17, 15) is 4.79 Å². The Kier molecular flexibility index (Phi) is 3.57. The Hall–Kier alpha value is -2.37. The second-order valence-corrected chi connectivity index (χ2v) is 3.86. The Morgan fingerprint density at radius 1 is 1.50 bits per heavy atom. The lowest BCUT2D eigenvalue weighted by Gasteiger charge is -2.08. The van der Waals surface area contributed by atoms with Crippen LogP contribution in [0.2, 0.25) is 0 Å². The van der Waals surface area contributed by atoms with E-state index in [-0.39, 0.29) is 5.56 Å². The van der Waals surface area contributed by atoms with Gasteiger partial charge in [0.25, 0.3) is 0 Å². The Balaban J connectivity index is 1.99. The fraction of sp³-hybridized carbons (Fsp3) is 0.250. The molecule has 0 aromatic carbocycles. The van der Waals surface area contributed by atoms with E-state index in [4.69, 9.17) is 5.11 Å². The van der Waals surface area contributed by atoms with Crippen LogP contribution < -0.4 is 5.32 Å². The molecule has 0 saturated carbocycles. The van der Waals surface area contributed by atoms with Gasteiger partial charge in [0.2, 0.25) is 0 Å². The van der Waals surface area contributed by atoms with E-state index in [0.717, 1.165) is 12.2 Å². The van der Waals surface area contributed by atoms with Gasteiger partial charge < -0.3 is 15.0 Å². The lowest BCUT2D eigenvalue weighted by molar-refractivity contribution is 0.0697. The number of carboxylic acids is 1. The van der Waals surface area contributed by atoms with Gasteiger partial charge >= 0.3 is 5.97 Å². The maximum absolute atomic E-state index is 11.0. The first kappa shape index (κ1) is 12.1. The summed E-state index contributed by atoms with van der Waals surface area (Å²) in [6.45, 7) is 0.620. The predicted octanol–water partition coefficient (Wildman–Crippen LogP) is 1.17. The van der Waals surface area contributed by atoms with Crippen LogP contribution in [0.5, 0.6) is 0 Å². The molecule has 0 spiro atoms. The van der Waals surface area contributed by atoms with E-state index in [1.54, 1.807) is 18.5 Å². The number of nitrogens with one attached hydrogen (secondary N) is 1. The number of carboxylic acid groups (broad SMARTS) is 1. The van der Waals surface area contributed by atoms with Crippen LogP contribution in [0, 0.1) is 0 Å². The molecule has 0 amide bonds. The van der Waals surface area contributed by atoms with Crippen molar-refractivity contribution in [2.75, 3.05) is 11.9 Å². The average molecular weight is 246 g/mol. The molecule has 0 unspecified atom stereocenters. The van der Waals surface area contributed by atoms with Crippen molar-refractivity contribution < 1.29 is 9.90 Å². The summed E-state index contributed by atoms with van der Waals surface area (Å²) in [5, 5.41) is 12.1. The number of carbonyl (C=O) groups is 1. The first-order valence-corrected chi connectivity index (χ1v) is 5.56. The molecule has 6 nitrogen and oxygen atoms in total. The van der Waals surface area contributed by atoms with Crippen LogP contribution in [0.1, 0.15) is 16.2 Å². The van der Waals surface area contributed by atoms with Crippen molar-refractivity contribution in [3.8, 4) is 0 Å². The van der Waals surface area contributed by atoms with Crippen molar-refractivity contribution in [2.45, 2.75) is 6.42 Å². The Morgan fingerprint density at radius 3 is 3.00 bits per heavy atom. The zero-order valence-electron chi connectivity index (χ0n) is 10.00. The first-order valence-electron chi connectivity index (χ1n) is 5.56. The van der Waals surface area contributed by atoms with Crippen LogP contribution in [-0.2, 0) is 13.5 Å². The molecule has 0 aliphatic rings. The number of nitrogens with zero attached hydrogens (tertiary/aromatic N) is 3. The molecule has 0 saturated heterocycles. The molecule has 0 aliphatic heterocycles. The smallest absolute Gasteiger partial charge is 0.339 e. The molecule has 0 atom stereocenters. The number of hydrogen-bond acceptors (Lipinski definition) is 4. The van der Waals surface area contributed by atoms with Crippen LogP contribution in [0.3, 0.4) is 0 Å². The van der Waals surface area contributed by atoms with Crippen LogP contribution in [0.15, 0.2) is 30.9 Å². The zero-order valence-corrected chi connectivity index (χ0v) is 10.00. The van der Waals surface area contributed by atoms with Gasteiger partial charge in [0, 0.05) is 44.8 Å². The number of anilines is 1. The molecular weight excluding hydrogens is 232 g/mol. The van der Waals surface area contributed by atoms with Crippen molar-refractivity contribution in [1.82, 2.24) is 14.5 Å². The maximum atomic E-state index is 11.0. The van der Waals surface area contributed by atoms with Crippen LogP contribution in [-0.4, -0.2) is 32.2 Å². The molecule has 0 fully saturated rings. The molecule has 94 valence electrons. The zero-order chi connectivity index (χ0) is 13.0. The minimum atomic E-state index is -0.984. The summed E-state index contributed by atoms with van der Waals surface area (Å²) in [4.78, 5) is 19.0. The van der Waals surface area contributed by atoms with Crippen molar-refractivity contribution in [2.24, 2.45) is 7.05 Å². The predicted molar refractivity (Wildman–Crippen MR) is 66.6 cm³/mol. The van der Waals surface area contributed by atoms with Gasteiger partial charge in [-0.2, -0.15) is 0 Å². The summed E-state index contributed by atoms with van der Waals surface area (Å²) in [6.07, 6.45) is 7.25. The standard InChI is InChI=1S/C12H14N4O2/c1-16-7-6-15-11(16)3-5-14-10-2-4-13-8-9(10)12(17)18/h2,4,6-8H,3,5H2,1H3,(H,13,14)(H,17,18). The minimum Gasteiger partial charge on any atom is -0.478 e. The quantitative estimate of drug-likeness (QED) is 0.827. The summed E-state index contributed by atoms with van der Waals surface area (Å²) in [6, 6.07) is 1.65. The van der Waals surface area contributed by atoms with Crippen molar-refractivity contribution >= 4 is 11.7 Å². The second-order valence-electron chi connectivity index (χ2n) is 3.86. The van der Waals surface area contributed by atoms with Crippen LogP contribution in [0.4, 0.5) is 5.69 Å². The molecule has 0 bridgehead atoms. The normalized spacial score (nSPS) is 10.3. The Bertz CT molecular complexity index is 551. The molecule has 0 aliphatic carbocycles. The Labute approximate surface area is 104 Å². The van der Waals surface area contributed by atoms with Gasteiger partial charge in [-0.25, -0.2) is 9.78 Å². The number of hydrogen-bond donors (Lipinski definition) is 2. The highest BCUT2D eigenvalue weighted by Crippen LogP contribution is 2.13. The number of rotatable bonds is 5. The van der Waals surface area contributed by atoms with Gasteiger partial charge in [-0.1, -0.05) is 0 Å². The summed E-state index contributed by atoms with van der Waals surface area (Å²) in [5.74, 6) is -0.0315. The van der Waals surface area contributed by atoms with E-state index in [2.05, 4.69) is 15.3 Å². The molecule has 6 heteroatoms. The summed E-state index contributed by atoms with van der Waals surface area (Å²) in [5.41, 5.74) is 0.754. The average Bonchev–Trinajstić information content (AvgIpc) is 2.76. The number of aryl methyl sites for hydroxylation is 1. The van der Waals surface area contributed by atoms with Crippen LogP contribution >= 0.6 is 0 Å². The molecule has 18 heavy (non-hydrogen) atoms. The van der Waals surface area contributed by atoms with E-state index >= 15 is 0 Å². The van der Waals surface area contributed by atoms with Gasteiger partial charge in [0.1, 0.15) is 11.4 Å². The lowest BCUT2D eigenvalue weighted by atomic mass is 10.2. The van der Waals surface area contributed by atoms with Gasteiger partial charge in [0.15, 0.2) is 0 Å². The molecule has 2 aromatic rings. The fourth-order valence-corrected chi connectivity index (χ4v) is 1.67. The number of aromatic nitrogens is 3. The second kappa shape index (κ2) is 5.31. The van der Waals surface area contributed by atoms with Crippen molar-refractivity contribution in [1.29, 1.82) is 0 Å². The lowest BCUT2D eigenvalue weighted by Crippen LogP contribution is -2.11. The largest absolute Gasteiger partial charge is 0.478 e. The van der Waals surface area contributed by atoms with E-state index in [0.29, 0.717) is 12.2 Å². The SMILES string of the molecule is Cn1ccnc1CCNc1ccncc1C(=O)O. The number of pyridine rings is 1. The van der Waals surface area contributed by atoms with E-state index in [1.165, 1.54) is 6.20 Å². The minimum absolute atomic E-state index is 0.178.